The minimum atomic E-state index is 0.726. The number of nitrogens with zero attached hydrogens (tertiary/aromatic N) is 3. The fourth-order valence-electron chi connectivity index (χ4n) is 3.88. The Labute approximate surface area is 160 Å². The Morgan fingerprint density at radius 3 is 2.62 bits per heavy atom. The van der Waals surface area contributed by atoms with Crippen LogP contribution in [0.2, 0.25) is 0 Å². The van der Waals surface area contributed by atoms with Crippen molar-refractivity contribution >= 4 is 17.3 Å². The number of nitrogens with one attached hydrogen (secondary N) is 1. The Balaban J connectivity index is 1.22. The molecule has 1 saturated carbocycles. The van der Waals surface area contributed by atoms with Gasteiger partial charge in [0.2, 0.25) is 0 Å². The minimum Gasteiger partial charge on any atom is -0.356 e. The van der Waals surface area contributed by atoms with Gasteiger partial charge in [0.1, 0.15) is 0 Å². The lowest BCUT2D eigenvalue weighted by molar-refractivity contribution is 0.173. The molecule has 26 heavy (non-hydrogen) atoms. The Morgan fingerprint density at radius 1 is 1.12 bits per heavy atom. The van der Waals surface area contributed by atoms with Crippen LogP contribution in [0.3, 0.4) is 0 Å². The fraction of sp³-hybridized carbons (Fsp3) is 0.476. The van der Waals surface area contributed by atoms with Gasteiger partial charge < -0.3 is 10.2 Å². The minimum absolute atomic E-state index is 0.726. The molecule has 0 amide bonds. The molecule has 0 bridgehead atoms. The maximum absolute atomic E-state index is 4.53. The summed E-state index contributed by atoms with van der Waals surface area (Å²) in [5.74, 6) is 2.54. The third kappa shape index (κ3) is 4.27. The molecule has 1 N–H and O–H groups in total. The van der Waals surface area contributed by atoms with Crippen LogP contribution in [0.25, 0.3) is 0 Å². The summed E-state index contributed by atoms with van der Waals surface area (Å²) in [6.45, 7) is 6.43. The van der Waals surface area contributed by atoms with Crippen molar-refractivity contribution in [1.82, 2.24) is 15.1 Å². The Morgan fingerprint density at radius 2 is 1.92 bits per heavy atom. The predicted octanol–water partition coefficient (Wildman–Crippen LogP) is 3.24. The van der Waals surface area contributed by atoms with Gasteiger partial charge in [0.25, 0.3) is 0 Å². The average molecular weight is 369 g/mol. The standard InChI is InChI=1S/C21H28N4S/c1-22-21(23-15-18-14-20(18)17-6-3-2-4-7-17)25-11-9-24(10-12-25)16-19-8-5-13-26-19/h2-8,13,18,20H,9-12,14-16H2,1H3,(H,22,23). The lowest BCUT2D eigenvalue weighted by Crippen LogP contribution is -2.52. The van der Waals surface area contributed by atoms with Gasteiger partial charge in [0.15, 0.2) is 5.96 Å². The van der Waals surface area contributed by atoms with Crippen molar-refractivity contribution in [3.8, 4) is 0 Å². The number of guanidine groups is 1. The quantitative estimate of drug-likeness (QED) is 0.649. The van der Waals surface area contributed by atoms with Crippen LogP contribution < -0.4 is 5.32 Å². The predicted molar refractivity (Wildman–Crippen MR) is 110 cm³/mol. The molecule has 1 saturated heterocycles. The highest BCUT2D eigenvalue weighted by molar-refractivity contribution is 7.09. The summed E-state index contributed by atoms with van der Waals surface area (Å²) in [6, 6.07) is 15.3. The van der Waals surface area contributed by atoms with E-state index in [1.807, 2.05) is 18.4 Å². The molecule has 1 aromatic heterocycles. The van der Waals surface area contributed by atoms with Crippen molar-refractivity contribution in [2.45, 2.75) is 18.9 Å². The molecule has 5 heteroatoms. The summed E-state index contributed by atoms with van der Waals surface area (Å²) in [5, 5.41) is 5.79. The maximum atomic E-state index is 4.53. The summed E-state index contributed by atoms with van der Waals surface area (Å²) in [5.41, 5.74) is 1.48. The summed E-state index contributed by atoms with van der Waals surface area (Å²) in [4.78, 5) is 10.9. The van der Waals surface area contributed by atoms with E-state index in [2.05, 4.69) is 68.0 Å². The van der Waals surface area contributed by atoms with Crippen LogP contribution in [0.4, 0.5) is 0 Å². The number of piperazine rings is 1. The smallest absolute Gasteiger partial charge is 0.193 e. The van der Waals surface area contributed by atoms with Crippen molar-refractivity contribution < 1.29 is 0 Å². The molecule has 2 aliphatic rings. The Kier molecular flexibility index (Phi) is 5.56. The lowest BCUT2D eigenvalue weighted by atomic mass is 10.1. The third-order valence-electron chi connectivity index (χ3n) is 5.52. The molecule has 1 aliphatic carbocycles. The van der Waals surface area contributed by atoms with E-state index in [0.717, 1.165) is 57.1 Å². The first-order valence-electron chi connectivity index (χ1n) is 9.59. The van der Waals surface area contributed by atoms with E-state index >= 15 is 0 Å². The fourth-order valence-corrected chi connectivity index (χ4v) is 4.62. The van der Waals surface area contributed by atoms with Crippen LogP contribution >= 0.6 is 11.3 Å². The van der Waals surface area contributed by atoms with E-state index in [9.17, 15) is 0 Å². The maximum Gasteiger partial charge on any atom is 0.193 e. The molecule has 2 fully saturated rings. The second-order valence-electron chi connectivity index (χ2n) is 7.28. The highest BCUT2D eigenvalue weighted by atomic mass is 32.1. The highest BCUT2D eigenvalue weighted by Crippen LogP contribution is 2.46. The molecule has 2 heterocycles. The van der Waals surface area contributed by atoms with E-state index in [1.165, 1.54) is 16.9 Å². The molecule has 0 radical (unpaired) electrons. The summed E-state index contributed by atoms with van der Waals surface area (Å²) in [7, 11) is 1.90. The second kappa shape index (κ2) is 8.23. The summed E-state index contributed by atoms with van der Waals surface area (Å²) < 4.78 is 0. The Bertz CT molecular complexity index is 705. The van der Waals surface area contributed by atoms with Gasteiger partial charge >= 0.3 is 0 Å². The van der Waals surface area contributed by atoms with Crippen LogP contribution in [0.1, 0.15) is 22.8 Å². The molecule has 4 rings (SSSR count). The van der Waals surface area contributed by atoms with Crippen molar-refractivity contribution in [1.29, 1.82) is 0 Å². The second-order valence-corrected chi connectivity index (χ2v) is 8.32. The first-order valence-corrected chi connectivity index (χ1v) is 10.5. The van der Waals surface area contributed by atoms with Gasteiger partial charge in [-0.25, -0.2) is 0 Å². The zero-order valence-electron chi connectivity index (χ0n) is 15.5. The van der Waals surface area contributed by atoms with Gasteiger partial charge in [-0.15, -0.1) is 11.3 Å². The topological polar surface area (TPSA) is 30.9 Å². The average Bonchev–Trinajstić information content (AvgIpc) is 3.29. The molecule has 2 aromatic rings. The molecule has 138 valence electrons. The number of thiophene rings is 1. The van der Waals surface area contributed by atoms with Crippen LogP contribution in [-0.2, 0) is 6.54 Å². The Hall–Kier alpha value is -1.85. The first kappa shape index (κ1) is 17.6. The van der Waals surface area contributed by atoms with Gasteiger partial charge in [-0.05, 0) is 35.3 Å². The van der Waals surface area contributed by atoms with Crippen LogP contribution in [0.15, 0.2) is 52.8 Å². The monoisotopic (exact) mass is 368 g/mol. The van der Waals surface area contributed by atoms with Gasteiger partial charge in [-0.1, -0.05) is 36.4 Å². The van der Waals surface area contributed by atoms with Crippen LogP contribution in [-0.4, -0.2) is 55.5 Å². The number of hydrogen-bond acceptors (Lipinski definition) is 3. The van der Waals surface area contributed by atoms with Gasteiger partial charge in [-0.2, -0.15) is 0 Å². The zero-order chi connectivity index (χ0) is 17.8. The number of rotatable bonds is 5. The van der Waals surface area contributed by atoms with Crippen LogP contribution in [0.5, 0.6) is 0 Å². The zero-order valence-corrected chi connectivity index (χ0v) is 16.3. The molecule has 4 nitrogen and oxygen atoms in total. The van der Waals surface area contributed by atoms with Crippen molar-refractivity contribution in [3.05, 3.63) is 58.3 Å². The van der Waals surface area contributed by atoms with Crippen molar-refractivity contribution in [2.24, 2.45) is 10.9 Å². The molecular formula is C21H28N4S. The largest absolute Gasteiger partial charge is 0.356 e. The van der Waals surface area contributed by atoms with E-state index in [1.54, 1.807) is 0 Å². The SMILES string of the molecule is CN=C(NCC1CC1c1ccccc1)N1CCN(Cc2cccs2)CC1. The van der Waals surface area contributed by atoms with Gasteiger partial charge in [0, 0.05) is 51.2 Å². The van der Waals surface area contributed by atoms with Gasteiger partial charge in [-0.3, -0.25) is 9.89 Å². The summed E-state index contributed by atoms with van der Waals surface area (Å²) >= 11 is 1.85. The molecule has 2 unspecified atom stereocenters. The van der Waals surface area contributed by atoms with E-state index < -0.39 is 0 Å². The van der Waals surface area contributed by atoms with Crippen molar-refractivity contribution in [3.63, 3.8) is 0 Å². The molecule has 2 atom stereocenters. The van der Waals surface area contributed by atoms with E-state index in [-0.39, 0.29) is 0 Å². The third-order valence-corrected chi connectivity index (χ3v) is 6.38. The van der Waals surface area contributed by atoms with Crippen LogP contribution in [0, 0.1) is 5.92 Å². The molecule has 1 aromatic carbocycles. The van der Waals surface area contributed by atoms with E-state index in [0.29, 0.717) is 0 Å². The normalized spacial score (nSPS) is 23.9. The van der Waals surface area contributed by atoms with Gasteiger partial charge in [0.05, 0.1) is 0 Å². The first-order chi connectivity index (χ1) is 12.8. The number of aliphatic imine (C=N–C) groups is 1. The molecule has 0 spiro atoms. The molecule has 1 aliphatic heterocycles. The molecular weight excluding hydrogens is 340 g/mol. The lowest BCUT2D eigenvalue weighted by Gasteiger charge is -2.36. The highest BCUT2D eigenvalue weighted by Gasteiger charge is 2.38. The number of hydrogen-bond donors (Lipinski definition) is 1. The van der Waals surface area contributed by atoms with Crippen molar-refractivity contribution in [2.75, 3.05) is 39.8 Å². The number of benzene rings is 1. The summed E-state index contributed by atoms with van der Waals surface area (Å²) in [6.07, 6.45) is 1.29. The van der Waals surface area contributed by atoms with E-state index in [4.69, 9.17) is 0 Å².